The van der Waals surface area contributed by atoms with E-state index in [2.05, 4.69) is 0 Å². The summed E-state index contributed by atoms with van der Waals surface area (Å²) in [5.74, 6) is -0.448. The van der Waals surface area contributed by atoms with Crippen LogP contribution in [0.2, 0.25) is 5.02 Å². The van der Waals surface area contributed by atoms with Crippen molar-refractivity contribution in [3.8, 4) is 5.75 Å². The predicted octanol–water partition coefficient (Wildman–Crippen LogP) is 3.10. The third kappa shape index (κ3) is 4.58. The number of para-hydroxylation sites is 1. The highest BCUT2D eigenvalue weighted by atomic mass is 35.5. The number of sulfone groups is 1. The average molecular weight is 325 g/mol. The maximum Gasteiger partial charge on any atom is 0.343 e. The minimum absolute atomic E-state index is 0.125. The fraction of sp³-hybridized carbons (Fsp3) is 0.133. The maximum absolute atomic E-state index is 12.1. The molecule has 0 radical (unpaired) electrons. The number of esters is 1. The lowest BCUT2D eigenvalue weighted by Crippen LogP contribution is -2.10. The van der Waals surface area contributed by atoms with Crippen LogP contribution in [0.25, 0.3) is 0 Å². The highest BCUT2D eigenvalue weighted by molar-refractivity contribution is 7.89. The molecule has 21 heavy (non-hydrogen) atoms. The minimum Gasteiger partial charge on any atom is -0.421 e. The van der Waals surface area contributed by atoms with Gasteiger partial charge in [0.2, 0.25) is 0 Å². The number of carbonyl (C=O) groups excluding carboxylic acids is 1. The smallest absolute Gasteiger partial charge is 0.343 e. The Balaban J connectivity index is 2.20. The van der Waals surface area contributed by atoms with E-state index in [1.165, 1.54) is 6.07 Å². The summed E-state index contributed by atoms with van der Waals surface area (Å²) in [6.45, 7) is 0. The number of hydrogen-bond donors (Lipinski definition) is 0. The van der Waals surface area contributed by atoms with Crippen molar-refractivity contribution in [2.75, 3.05) is 6.26 Å². The Morgan fingerprint density at radius 1 is 1.14 bits per heavy atom. The minimum atomic E-state index is -3.16. The number of carbonyl (C=O) groups is 1. The molecule has 0 saturated heterocycles. The number of hydrogen-bond acceptors (Lipinski definition) is 4. The highest BCUT2D eigenvalue weighted by Gasteiger charge is 2.12. The summed E-state index contributed by atoms with van der Waals surface area (Å²) in [5.41, 5.74) is 0.808. The van der Waals surface area contributed by atoms with Gasteiger partial charge in [-0.2, -0.15) is 0 Å². The molecule has 0 atom stereocenters. The van der Waals surface area contributed by atoms with Gasteiger partial charge in [0.25, 0.3) is 0 Å². The largest absolute Gasteiger partial charge is 0.421 e. The normalized spacial score (nSPS) is 11.1. The molecule has 0 heterocycles. The molecule has 0 amide bonds. The molecule has 0 aromatic heterocycles. The topological polar surface area (TPSA) is 60.4 Å². The molecule has 0 bridgehead atoms. The first kappa shape index (κ1) is 15.5. The fourth-order valence-electron chi connectivity index (χ4n) is 1.78. The van der Waals surface area contributed by atoms with Crippen molar-refractivity contribution in [3.05, 3.63) is 64.7 Å². The zero-order chi connectivity index (χ0) is 15.5. The van der Waals surface area contributed by atoms with Crippen LogP contribution in [0.15, 0.2) is 48.5 Å². The lowest BCUT2D eigenvalue weighted by atomic mass is 10.1. The Kier molecular flexibility index (Phi) is 4.65. The number of benzene rings is 2. The molecule has 0 spiro atoms. The van der Waals surface area contributed by atoms with Gasteiger partial charge in [0, 0.05) is 6.26 Å². The zero-order valence-electron chi connectivity index (χ0n) is 11.2. The van der Waals surface area contributed by atoms with Crippen molar-refractivity contribution in [1.29, 1.82) is 0 Å². The van der Waals surface area contributed by atoms with Gasteiger partial charge in [0.15, 0.2) is 9.84 Å². The van der Waals surface area contributed by atoms with Gasteiger partial charge in [-0.25, -0.2) is 13.2 Å². The highest BCUT2D eigenvalue weighted by Crippen LogP contribution is 2.24. The quantitative estimate of drug-likeness (QED) is 0.640. The molecule has 2 aromatic rings. The monoisotopic (exact) mass is 324 g/mol. The van der Waals surface area contributed by atoms with Gasteiger partial charge in [-0.1, -0.05) is 35.9 Å². The van der Waals surface area contributed by atoms with Gasteiger partial charge >= 0.3 is 5.97 Å². The lowest BCUT2D eigenvalue weighted by molar-refractivity contribution is 0.0734. The Hall–Kier alpha value is -1.85. The third-order valence-corrected chi connectivity index (χ3v) is 3.80. The van der Waals surface area contributed by atoms with Crippen molar-refractivity contribution < 1.29 is 17.9 Å². The Labute approximate surface area is 128 Å². The summed E-state index contributed by atoms with van der Waals surface area (Å²) in [6.07, 6.45) is 1.14. The molecule has 0 aliphatic heterocycles. The van der Waals surface area contributed by atoms with E-state index in [-0.39, 0.29) is 17.1 Å². The molecular weight excluding hydrogens is 312 g/mol. The van der Waals surface area contributed by atoms with Gasteiger partial charge in [-0.3, -0.25) is 0 Å². The van der Waals surface area contributed by atoms with Crippen LogP contribution >= 0.6 is 11.6 Å². The Morgan fingerprint density at radius 2 is 1.86 bits per heavy atom. The van der Waals surface area contributed by atoms with Crippen LogP contribution in [0.4, 0.5) is 0 Å². The maximum atomic E-state index is 12.1. The summed E-state index contributed by atoms with van der Waals surface area (Å²) in [4.78, 5) is 12.1. The van der Waals surface area contributed by atoms with Gasteiger partial charge in [-0.05, 0) is 29.8 Å². The van der Waals surface area contributed by atoms with Gasteiger partial charge < -0.3 is 4.74 Å². The van der Waals surface area contributed by atoms with E-state index in [4.69, 9.17) is 16.3 Å². The first-order valence-corrected chi connectivity index (χ1v) is 8.52. The molecule has 6 heteroatoms. The second-order valence-electron chi connectivity index (χ2n) is 4.59. The van der Waals surface area contributed by atoms with Crippen molar-refractivity contribution >= 4 is 27.4 Å². The lowest BCUT2D eigenvalue weighted by Gasteiger charge is -2.07. The second-order valence-corrected chi connectivity index (χ2v) is 7.14. The SMILES string of the molecule is CS(=O)(=O)Cc1cccc(C(=O)Oc2ccccc2Cl)c1. The molecule has 0 N–H and O–H groups in total. The standard InChI is InChI=1S/C15H13ClO4S/c1-21(18,19)10-11-5-4-6-12(9-11)15(17)20-14-8-3-2-7-13(14)16/h2-9H,10H2,1H3. The average Bonchev–Trinajstić information content (AvgIpc) is 2.39. The van der Waals surface area contributed by atoms with Gasteiger partial charge in [-0.15, -0.1) is 0 Å². The van der Waals surface area contributed by atoms with Crippen molar-refractivity contribution in [3.63, 3.8) is 0 Å². The number of halogens is 1. The van der Waals surface area contributed by atoms with Gasteiger partial charge in [0.05, 0.1) is 16.3 Å². The molecule has 0 saturated carbocycles. The number of ether oxygens (including phenoxy) is 1. The van der Waals surface area contributed by atoms with Crippen molar-refractivity contribution in [2.24, 2.45) is 0 Å². The van der Waals surface area contributed by atoms with E-state index < -0.39 is 15.8 Å². The molecule has 0 aliphatic rings. The molecule has 110 valence electrons. The molecule has 4 nitrogen and oxygen atoms in total. The van der Waals surface area contributed by atoms with Crippen molar-refractivity contribution in [2.45, 2.75) is 5.75 Å². The van der Waals surface area contributed by atoms with Crippen LogP contribution in [0.5, 0.6) is 5.75 Å². The predicted molar refractivity (Wildman–Crippen MR) is 81.4 cm³/mol. The fourth-order valence-corrected chi connectivity index (χ4v) is 2.74. The Bertz CT molecular complexity index is 769. The molecule has 2 aromatic carbocycles. The van der Waals surface area contributed by atoms with Crippen LogP contribution < -0.4 is 4.74 Å². The van der Waals surface area contributed by atoms with E-state index in [0.717, 1.165) is 6.26 Å². The van der Waals surface area contributed by atoms with Crippen molar-refractivity contribution in [1.82, 2.24) is 0 Å². The summed E-state index contributed by atoms with van der Waals surface area (Å²) in [6, 6.07) is 13.0. The van der Waals surface area contributed by atoms with E-state index in [0.29, 0.717) is 10.6 Å². The van der Waals surface area contributed by atoms with E-state index >= 15 is 0 Å². The van der Waals surface area contributed by atoms with Crippen LogP contribution in [0, 0.1) is 0 Å². The van der Waals surface area contributed by atoms with E-state index in [9.17, 15) is 13.2 Å². The summed E-state index contributed by atoms with van der Waals surface area (Å²) < 4.78 is 27.8. The third-order valence-electron chi connectivity index (χ3n) is 2.63. The molecule has 0 aliphatic carbocycles. The van der Waals surface area contributed by atoms with Gasteiger partial charge in [0.1, 0.15) is 5.75 Å². The summed E-state index contributed by atoms with van der Waals surface area (Å²) >= 11 is 5.92. The van der Waals surface area contributed by atoms with Crippen LogP contribution in [0.3, 0.4) is 0 Å². The molecule has 0 unspecified atom stereocenters. The van der Waals surface area contributed by atoms with Crippen LogP contribution in [-0.4, -0.2) is 20.6 Å². The van der Waals surface area contributed by atoms with E-state index in [1.54, 1.807) is 42.5 Å². The number of rotatable bonds is 4. The first-order valence-electron chi connectivity index (χ1n) is 6.08. The summed E-state index contributed by atoms with van der Waals surface area (Å²) in [5, 5.41) is 0.332. The molecule has 0 fully saturated rings. The van der Waals surface area contributed by atoms with E-state index in [1.807, 2.05) is 0 Å². The second kappa shape index (κ2) is 6.28. The first-order chi connectivity index (χ1) is 9.85. The molecule has 2 rings (SSSR count). The summed E-state index contributed by atoms with van der Waals surface area (Å²) in [7, 11) is -3.16. The molecular formula is C15H13ClO4S. The Morgan fingerprint density at radius 3 is 2.52 bits per heavy atom. The zero-order valence-corrected chi connectivity index (χ0v) is 12.8. The van der Waals surface area contributed by atoms with Crippen LogP contribution in [0.1, 0.15) is 15.9 Å². The van der Waals surface area contributed by atoms with Crippen LogP contribution in [-0.2, 0) is 15.6 Å².